The molecule has 0 fully saturated rings. The normalized spacial score (nSPS) is 10.7. The van der Waals surface area contributed by atoms with Gasteiger partial charge in [0.2, 0.25) is 0 Å². The number of ether oxygens (including phenoxy) is 1. The molecule has 0 bridgehead atoms. The second-order valence-corrected chi connectivity index (χ2v) is 4.87. The van der Waals surface area contributed by atoms with Crippen molar-refractivity contribution in [2.24, 2.45) is 0 Å². The van der Waals surface area contributed by atoms with Crippen LogP contribution in [0.4, 0.5) is 0 Å². The Bertz CT molecular complexity index is 403. The van der Waals surface area contributed by atoms with E-state index in [1.165, 1.54) is 0 Å². The van der Waals surface area contributed by atoms with Gasteiger partial charge in [0.25, 0.3) is 0 Å². The quantitative estimate of drug-likeness (QED) is 0.723. The van der Waals surface area contributed by atoms with E-state index in [-0.39, 0.29) is 5.78 Å². The van der Waals surface area contributed by atoms with Crippen LogP contribution in [-0.2, 0) is 0 Å². The molecule has 0 atom stereocenters. The minimum absolute atomic E-state index is 0.100. The Morgan fingerprint density at radius 3 is 2.50 bits per heavy atom. The molecule has 0 heterocycles. The summed E-state index contributed by atoms with van der Waals surface area (Å²) >= 11 is 3.39. The molecule has 0 radical (unpaired) electrons. The van der Waals surface area contributed by atoms with E-state index in [1.54, 1.807) is 0 Å². The summed E-state index contributed by atoms with van der Waals surface area (Å²) in [6.07, 6.45) is 0. The van der Waals surface area contributed by atoms with E-state index in [1.807, 2.05) is 25.1 Å². The fourth-order valence-corrected chi connectivity index (χ4v) is 2.10. The first-order chi connectivity index (χ1) is 8.62. The number of hydrogen-bond donors (Lipinski definition) is 0. The molecular weight excluding hydrogens is 294 g/mol. The molecule has 1 aromatic carbocycles. The van der Waals surface area contributed by atoms with Gasteiger partial charge in [0.05, 0.1) is 18.7 Å². The summed E-state index contributed by atoms with van der Waals surface area (Å²) in [5.41, 5.74) is 0.651. The zero-order chi connectivity index (χ0) is 13.5. The van der Waals surface area contributed by atoms with Gasteiger partial charge in [0.15, 0.2) is 5.78 Å². The van der Waals surface area contributed by atoms with Crippen LogP contribution in [0.5, 0.6) is 5.75 Å². The number of rotatable bonds is 7. The predicted octanol–water partition coefficient (Wildman–Crippen LogP) is 3.37. The van der Waals surface area contributed by atoms with Crippen LogP contribution in [0.2, 0.25) is 0 Å². The van der Waals surface area contributed by atoms with Gasteiger partial charge in [-0.25, -0.2) is 0 Å². The van der Waals surface area contributed by atoms with E-state index in [2.05, 4.69) is 34.7 Å². The molecule has 0 aromatic heterocycles. The first-order valence-corrected chi connectivity index (χ1v) is 7.09. The highest BCUT2D eigenvalue weighted by molar-refractivity contribution is 9.10. The number of carbonyl (C=O) groups is 1. The van der Waals surface area contributed by atoms with E-state index >= 15 is 0 Å². The predicted molar refractivity (Wildman–Crippen MR) is 77.4 cm³/mol. The lowest BCUT2D eigenvalue weighted by Crippen LogP contribution is -2.29. The van der Waals surface area contributed by atoms with E-state index in [9.17, 15) is 4.79 Å². The molecule has 0 saturated heterocycles. The lowest BCUT2D eigenvalue weighted by Gasteiger charge is -2.18. The summed E-state index contributed by atoms with van der Waals surface area (Å²) in [5, 5.41) is 0. The zero-order valence-electron chi connectivity index (χ0n) is 11.2. The lowest BCUT2D eigenvalue weighted by atomic mass is 10.1. The molecule has 1 rings (SSSR count). The largest absolute Gasteiger partial charge is 0.493 e. The molecular formula is C14H20BrNO2. The van der Waals surface area contributed by atoms with Crippen LogP contribution < -0.4 is 4.74 Å². The van der Waals surface area contributed by atoms with Crippen LogP contribution in [-0.4, -0.2) is 36.9 Å². The Morgan fingerprint density at radius 2 is 1.94 bits per heavy atom. The molecule has 0 amide bonds. The highest BCUT2D eigenvalue weighted by Crippen LogP contribution is 2.24. The molecule has 1 aromatic rings. The molecule has 0 unspecified atom stereocenters. The molecule has 0 saturated carbocycles. The van der Waals surface area contributed by atoms with Gasteiger partial charge in [-0.05, 0) is 38.2 Å². The fourth-order valence-electron chi connectivity index (χ4n) is 1.74. The molecule has 4 heteroatoms. The first-order valence-electron chi connectivity index (χ1n) is 6.30. The van der Waals surface area contributed by atoms with Crippen LogP contribution >= 0.6 is 15.9 Å². The topological polar surface area (TPSA) is 29.5 Å². The number of benzene rings is 1. The third-order valence-corrected chi connectivity index (χ3v) is 3.30. The average molecular weight is 314 g/mol. The number of Topliss-reactive ketones (excluding diaryl/α,β-unsaturated/α-hetero) is 1. The Labute approximate surface area is 117 Å². The number of carbonyl (C=O) groups excluding carboxylic acids is 1. The summed E-state index contributed by atoms with van der Waals surface area (Å²) < 4.78 is 6.40. The zero-order valence-corrected chi connectivity index (χ0v) is 12.8. The smallest absolute Gasteiger partial charge is 0.180 e. The van der Waals surface area contributed by atoms with Gasteiger partial charge in [-0.1, -0.05) is 29.8 Å². The van der Waals surface area contributed by atoms with Crippen LogP contribution in [0.1, 0.15) is 31.1 Å². The molecule has 18 heavy (non-hydrogen) atoms. The summed E-state index contributed by atoms with van der Waals surface area (Å²) in [6, 6.07) is 5.55. The van der Waals surface area contributed by atoms with E-state index in [0.29, 0.717) is 24.5 Å². The Hall–Kier alpha value is -0.870. The number of halogens is 1. The molecule has 0 N–H and O–H groups in total. The third-order valence-electron chi connectivity index (χ3n) is 2.80. The highest BCUT2D eigenvalue weighted by Gasteiger charge is 2.15. The molecule has 3 nitrogen and oxygen atoms in total. The van der Waals surface area contributed by atoms with Gasteiger partial charge >= 0.3 is 0 Å². The summed E-state index contributed by atoms with van der Waals surface area (Å²) in [4.78, 5) is 14.4. The average Bonchev–Trinajstić information content (AvgIpc) is 2.38. The monoisotopic (exact) mass is 313 g/mol. The van der Waals surface area contributed by atoms with Crippen molar-refractivity contribution >= 4 is 21.7 Å². The van der Waals surface area contributed by atoms with Gasteiger partial charge in [-0.2, -0.15) is 0 Å². The summed E-state index contributed by atoms with van der Waals surface area (Å²) in [6.45, 7) is 8.78. The van der Waals surface area contributed by atoms with E-state index in [4.69, 9.17) is 4.74 Å². The van der Waals surface area contributed by atoms with Crippen LogP contribution in [0.15, 0.2) is 22.7 Å². The van der Waals surface area contributed by atoms with Crippen molar-refractivity contribution in [3.63, 3.8) is 0 Å². The van der Waals surface area contributed by atoms with Gasteiger partial charge in [-0.3, -0.25) is 9.69 Å². The SMILES string of the molecule is CCOc1ccc(Br)cc1C(=O)CN(CC)CC. The number of likely N-dealkylation sites (N-methyl/N-ethyl adjacent to an activating group) is 1. The maximum Gasteiger partial charge on any atom is 0.180 e. The summed E-state index contributed by atoms with van der Waals surface area (Å²) in [7, 11) is 0. The highest BCUT2D eigenvalue weighted by atomic mass is 79.9. The van der Waals surface area contributed by atoms with Crippen LogP contribution in [0, 0.1) is 0 Å². The van der Waals surface area contributed by atoms with Crippen molar-refractivity contribution in [3.8, 4) is 5.75 Å². The third kappa shape index (κ3) is 4.10. The van der Waals surface area contributed by atoms with Crippen molar-refractivity contribution in [2.45, 2.75) is 20.8 Å². The molecule has 100 valence electrons. The minimum Gasteiger partial charge on any atom is -0.493 e. The van der Waals surface area contributed by atoms with Gasteiger partial charge in [-0.15, -0.1) is 0 Å². The minimum atomic E-state index is 0.100. The lowest BCUT2D eigenvalue weighted by molar-refractivity contribution is 0.0933. The Balaban J connectivity index is 2.92. The second-order valence-electron chi connectivity index (χ2n) is 3.96. The van der Waals surface area contributed by atoms with Gasteiger partial charge in [0, 0.05) is 4.47 Å². The number of hydrogen-bond acceptors (Lipinski definition) is 3. The maximum absolute atomic E-state index is 12.3. The van der Waals surface area contributed by atoms with E-state index in [0.717, 1.165) is 17.6 Å². The van der Waals surface area contributed by atoms with Crippen LogP contribution in [0.25, 0.3) is 0 Å². The van der Waals surface area contributed by atoms with Crippen molar-refractivity contribution in [1.82, 2.24) is 4.90 Å². The van der Waals surface area contributed by atoms with Crippen molar-refractivity contribution in [2.75, 3.05) is 26.2 Å². The molecule has 0 aliphatic carbocycles. The molecule has 0 aliphatic rings. The number of ketones is 1. The molecule has 0 aliphatic heterocycles. The maximum atomic E-state index is 12.3. The van der Waals surface area contributed by atoms with Crippen molar-refractivity contribution in [3.05, 3.63) is 28.2 Å². The van der Waals surface area contributed by atoms with Gasteiger partial charge < -0.3 is 4.74 Å². The van der Waals surface area contributed by atoms with Crippen molar-refractivity contribution < 1.29 is 9.53 Å². The first kappa shape index (κ1) is 15.2. The second kappa shape index (κ2) is 7.54. The Morgan fingerprint density at radius 1 is 1.28 bits per heavy atom. The molecule has 0 spiro atoms. The van der Waals surface area contributed by atoms with E-state index < -0.39 is 0 Å². The van der Waals surface area contributed by atoms with Crippen molar-refractivity contribution in [1.29, 1.82) is 0 Å². The fraction of sp³-hybridized carbons (Fsp3) is 0.500. The summed E-state index contributed by atoms with van der Waals surface area (Å²) in [5.74, 6) is 0.765. The van der Waals surface area contributed by atoms with Crippen LogP contribution in [0.3, 0.4) is 0 Å². The number of nitrogens with zero attached hydrogens (tertiary/aromatic N) is 1. The van der Waals surface area contributed by atoms with Gasteiger partial charge in [0.1, 0.15) is 5.75 Å². The Kier molecular flexibility index (Phi) is 6.36. The standard InChI is InChI=1S/C14H20BrNO2/c1-4-16(5-2)10-13(17)12-9-11(15)7-8-14(12)18-6-3/h7-9H,4-6,10H2,1-3H3.